The molecule has 0 saturated carbocycles. The molecular formula is C13H17BrN2O5S. The minimum absolute atomic E-state index is 0.0178. The Morgan fingerprint density at radius 1 is 1.32 bits per heavy atom. The molecule has 1 N–H and O–H groups in total. The third kappa shape index (κ3) is 6.10. The molecule has 0 unspecified atom stereocenters. The topological polar surface area (TPSA) is 94.6 Å². The molecule has 0 aromatic carbocycles. The first kappa shape index (κ1) is 18.6. The van der Waals surface area contributed by atoms with Crippen molar-refractivity contribution in [3.8, 4) is 0 Å². The summed E-state index contributed by atoms with van der Waals surface area (Å²) < 4.78 is 10.3. The van der Waals surface area contributed by atoms with Gasteiger partial charge in [0.1, 0.15) is 10.9 Å². The number of carbonyl (C=O) groups is 3. The second-order valence-electron chi connectivity index (χ2n) is 4.10. The first-order valence-electron chi connectivity index (χ1n) is 6.72. The van der Waals surface area contributed by atoms with Gasteiger partial charge in [-0.05, 0) is 36.2 Å². The minimum Gasteiger partial charge on any atom is -0.466 e. The van der Waals surface area contributed by atoms with Gasteiger partial charge < -0.3 is 14.8 Å². The van der Waals surface area contributed by atoms with Crippen LogP contribution in [0.25, 0.3) is 0 Å². The fraction of sp³-hybridized carbons (Fsp3) is 0.538. The Balaban J connectivity index is 2.66. The molecule has 0 spiro atoms. The van der Waals surface area contributed by atoms with Gasteiger partial charge in [-0.25, -0.2) is 9.78 Å². The summed E-state index contributed by atoms with van der Waals surface area (Å²) in [6, 6.07) is -0.905. The van der Waals surface area contributed by atoms with Crippen LogP contribution in [0.1, 0.15) is 36.4 Å². The number of esters is 2. The van der Waals surface area contributed by atoms with Crippen LogP contribution in [0.4, 0.5) is 0 Å². The van der Waals surface area contributed by atoms with Gasteiger partial charge in [-0.3, -0.25) is 9.59 Å². The van der Waals surface area contributed by atoms with Crippen molar-refractivity contribution < 1.29 is 23.9 Å². The third-order valence-corrected chi connectivity index (χ3v) is 4.00. The summed E-state index contributed by atoms with van der Waals surface area (Å²) in [7, 11) is 0. The van der Waals surface area contributed by atoms with E-state index in [0.29, 0.717) is 8.79 Å². The standard InChI is InChI=1S/C13H17BrN2O5S/c1-3-20-10(17)6-5-8(12(19)21-4-2)16-11(18)9-7-15-13(14)22-9/h7-8H,3-6H2,1-2H3,(H,16,18)/t8-/m0/s1. The molecule has 7 nitrogen and oxygen atoms in total. The molecule has 1 rings (SSSR count). The molecule has 22 heavy (non-hydrogen) atoms. The van der Waals surface area contributed by atoms with Crippen LogP contribution in [0.3, 0.4) is 0 Å². The molecule has 0 aliphatic rings. The molecule has 1 aromatic rings. The Morgan fingerprint density at radius 2 is 2.00 bits per heavy atom. The highest BCUT2D eigenvalue weighted by Crippen LogP contribution is 2.18. The van der Waals surface area contributed by atoms with Gasteiger partial charge in [0, 0.05) is 6.42 Å². The van der Waals surface area contributed by atoms with Crippen molar-refractivity contribution in [1.29, 1.82) is 0 Å². The number of carbonyl (C=O) groups excluding carboxylic acids is 3. The van der Waals surface area contributed by atoms with Crippen LogP contribution in [-0.4, -0.2) is 42.1 Å². The molecule has 0 bridgehead atoms. The highest BCUT2D eigenvalue weighted by molar-refractivity contribution is 9.11. The van der Waals surface area contributed by atoms with Crippen molar-refractivity contribution in [2.24, 2.45) is 0 Å². The smallest absolute Gasteiger partial charge is 0.328 e. The number of halogens is 1. The van der Waals surface area contributed by atoms with Gasteiger partial charge in [0.2, 0.25) is 0 Å². The van der Waals surface area contributed by atoms with Crippen molar-refractivity contribution in [2.45, 2.75) is 32.7 Å². The summed E-state index contributed by atoms with van der Waals surface area (Å²) >= 11 is 4.31. The van der Waals surface area contributed by atoms with Crippen LogP contribution in [0.2, 0.25) is 0 Å². The number of thiazole rings is 1. The van der Waals surface area contributed by atoms with E-state index in [1.54, 1.807) is 13.8 Å². The summed E-state index contributed by atoms with van der Waals surface area (Å²) in [4.78, 5) is 39.6. The average molecular weight is 393 g/mol. The Labute approximate surface area is 140 Å². The van der Waals surface area contributed by atoms with Crippen LogP contribution in [0.5, 0.6) is 0 Å². The summed E-state index contributed by atoms with van der Waals surface area (Å²) in [5.74, 6) is -1.44. The summed E-state index contributed by atoms with van der Waals surface area (Å²) in [5.41, 5.74) is 0. The van der Waals surface area contributed by atoms with Gasteiger partial charge in [0.25, 0.3) is 5.91 Å². The van der Waals surface area contributed by atoms with Crippen molar-refractivity contribution in [1.82, 2.24) is 10.3 Å². The second kappa shape index (κ2) is 9.52. The van der Waals surface area contributed by atoms with Gasteiger partial charge in [-0.2, -0.15) is 0 Å². The molecule has 1 atom stereocenters. The van der Waals surface area contributed by atoms with Crippen LogP contribution in [-0.2, 0) is 19.1 Å². The zero-order chi connectivity index (χ0) is 16.5. The van der Waals surface area contributed by atoms with Crippen molar-refractivity contribution in [3.63, 3.8) is 0 Å². The van der Waals surface area contributed by atoms with Gasteiger partial charge >= 0.3 is 11.9 Å². The Morgan fingerprint density at radius 3 is 2.55 bits per heavy atom. The Bertz CT molecular complexity index is 534. The largest absolute Gasteiger partial charge is 0.466 e. The summed E-state index contributed by atoms with van der Waals surface area (Å²) in [5, 5.41) is 2.56. The lowest BCUT2D eigenvalue weighted by atomic mass is 10.1. The molecule has 1 heterocycles. The Kier molecular flexibility index (Phi) is 8.03. The van der Waals surface area contributed by atoms with Crippen molar-refractivity contribution in [2.75, 3.05) is 13.2 Å². The van der Waals surface area contributed by atoms with E-state index in [1.807, 2.05) is 0 Å². The zero-order valence-electron chi connectivity index (χ0n) is 12.3. The molecule has 0 fully saturated rings. The fourth-order valence-electron chi connectivity index (χ4n) is 1.57. The van der Waals surface area contributed by atoms with Crippen LogP contribution in [0, 0.1) is 0 Å². The number of nitrogens with zero attached hydrogens (tertiary/aromatic N) is 1. The lowest BCUT2D eigenvalue weighted by Gasteiger charge is -2.16. The van der Waals surface area contributed by atoms with E-state index in [-0.39, 0.29) is 26.1 Å². The first-order valence-corrected chi connectivity index (χ1v) is 8.33. The normalized spacial score (nSPS) is 11.6. The van der Waals surface area contributed by atoms with Gasteiger partial charge in [-0.1, -0.05) is 0 Å². The summed E-state index contributed by atoms with van der Waals surface area (Å²) in [6.45, 7) is 3.83. The maximum absolute atomic E-state index is 12.1. The molecule has 9 heteroatoms. The van der Waals surface area contributed by atoms with E-state index in [4.69, 9.17) is 9.47 Å². The highest BCUT2D eigenvalue weighted by atomic mass is 79.9. The maximum Gasteiger partial charge on any atom is 0.328 e. The third-order valence-electron chi connectivity index (χ3n) is 2.52. The van der Waals surface area contributed by atoms with E-state index in [9.17, 15) is 14.4 Å². The number of aromatic nitrogens is 1. The molecule has 1 aromatic heterocycles. The lowest BCUT2D eigenvalue weighted by molar-refractivity contribution is -0.146. The minimum atomic E-state index is -0.905. The number of amides is 1. The van der Waals surface area contributed by atoms with Crippen LogP contribution < -0.4 is 5.32 Å². The quantitative estimate of drug-likeness (QED) is 0.678. The second-order valence-corrected chi connectivity index (χ2v) is 6.41. The molecule has 0 aliphatic carbocycles. The summed E-state index contributed by atoms with van der Waals surface area (Å²) in [6.07, 6.45) is 1.53. The maximum atomic E-state index is 12.1. The molecule has 1 amide bonds. The molecule has 0 aliphatic heterocycles. The number of ether oxygens (including phenoxy) is 2. The zero-order valence-corrected chi connectivity index (χ0v) is 14.7. The van der Waals surface area contributed by atoms with E-state index >= 15 is 0 Å². The van der Waals surface area contributed by atoms with Crippen molar-refractivity contribution in [3.05, 3.63) is 15.0 Å². The van der Waals surface area contributed by atoms with E-state index in [2.05, 4.69) is 26.2 Å². The highest BCUT2D eigenvalue weighted by Gasteiger charge is 2.24. The molecular weight excluding hydrogens is 376 g/mol. The van der Waals surface area contributed by atoms with Gasteiger partial charge in [0.05, 0.1) is 19.4 Å². The monoisotopic (exact) mass is 392 g/mol. The lowest BCUT2D eigenvalue weighted by Crippen LogP contribution is -2.42. The molecule has 122 valence electrons. The SMILES string of the molecule is CCOC(=O)CC[C@H](NC(=O)c1cnc(Br)s1)C(=O)OCC. The number of rotatable bonds is 8. The van der Waals surface area contributed by atoms with E-state index in [1.165, 1.54) is 6.20 Å². The predicted octanol–water partition coefficient (Wildman–Crippen LogP) is 1.91. The Hall–Kier alpha value is -1.48. The number of hydrogen-bond acceptors (Lipinski definition) is 7. The van der Waals surface area contributed by atoms with Gasteiger partial charge in [-0.15, -0.1) is 11.3 Å². The van der Waals surface area contributed by atoms with Crippen LogP contribution >= 0.6 is 27.3 Å². The van der Waals surface area contributed by atoms with Crippen molar-refractivity contribution >= 4 is 45.1 Å². The first-order chi connectivity index (χ1) is 10.5. The fourth-order valence-corrected chi connectivity index (χ4v) is 2.74. The molecule has 0 radical (unpaired) electrons. The molecule has 0 saturated heterocycles. The predicted molar refractivity (Wildman–Crippen MR) is 83.6 cm³/mol. The van der Waals surface area contributed by atoms with Crippen LogP contribution in [0.15, 0.2) is 10.1 Å². The average Bonchev–Trinajstić information content (AvgIpc) is 2.90. The van der Waals surface area contributed by atoms with Gasteiger partial charge in [0.15, 0.2) is 3.92 Å². The van der Waals surface area contributed by atoms with E-state index < -0.39 is 23.9 Å². The number of hydrogen-bond donors (Lipinski definition) is 1. The number of nitrogens with one attached hydrogen (secondary N) is 1. The van der Waals surface area contributed by atoms with E-state index in [0.717, 1.165) is 11.3 Å².